The molecule has 0 spiro atoms. The molecule has 0 saturated carbocycles. The molecule has 33 heavy (non-hydrogen) atoms. The van der Waals surface area contributed by atoms with Crippen molar-refractivity contribution in [3.8, 4) is 22.8 Å². The quantitative estimate of drug-likeness (QED) is 0.303. The Kier molecular flexibility index (Phi) is 7.23. The molecule has 0 aliphatic heterocycles. The van der Waals surface area contributed by atoms with Crippen LogP contribution in [0.1, 0.15) is 5.56 Å². The summed E-state index contributed by atoms with van der Waals surface area (Å²) in [4.78, 5) is 12.6. The Hall–Kier alpha value is -3.00. The second kappa shape index (κ2) is 10.3. The number of nitrogens with zero attached hydrogens (tertiary/aromatic N) is 3. The van der Waals surface area contributed by atoms with Gasteiger partial charge in [-0.25, -0.2) is 0 Å². The Labute approximate surface area is 205 Å². The molecule has 0 aliphatic carbocycles. The molecule has 0 fully saturated rings. The average Bonchev–Trinajstić information content (AvgIpc) is 3.24. The van der Waals surface area contributed by atoms with Crippen molar-refractivity contribution in [1.29, 1.82) is 0 Å². The third kappa shape index (κ3) is 5.50. The predicted molar refractivity (Wildman–Crippen MR) is 134 cm³/mol. The molecule has 1 aromatic heterocycles. The number of methoxy groups -OCH3 is 1. The Morgan fingerprint density at radius 2 is 1.76 bits per heavy atom. The summed E-state index contributed by atoms with van der Waals surface area (Å²) in [5, 5.41) is 13.4. The van der Waals surface area contributed by atoms with Crippen LogP contribution < -0.4 is 10.1 Å². The number of thioether (sulfide) groups is 1. The molecule has 3 aromatic carbocycles. The first kappa shape index (κ1) is 23.2. The van der Waals surface area contributed by atoms with Crippen LogP contribution in [0, 0.1) is 6.92 Å². The van der Waals surface area contributed by atoms with E-state index < -0.39 is 0 Å². The van der Waals surface area contributed by atoms with E-state index in [-0.39, 0.29) is 11.7 Å². The number of carbonyl (C=O) groups excluding carboxylic acids is 1. The van der Waals surface area contributed by atoms with Crippen LogP contribution in [0.15, 0.2) is 71.9 Å². The number of hydrogen-bond acceptors (Lipinski definition) is 5. The van der Waals surface area contributed by atoms with E-state index in [9.17, 15) is 4.79 Å². The maximum Gasteiger partial charge on any atom is 0.234 e. The fraction of sp³-hybridized carbons (Fsp3) is 0.125. The van der Waals surface area contributed by atoms with Crippen LogP contribution in [0.3, 0.4) is 0 Å². The standard InChI is InChI=1S/C24H20Cl2N4O2S/c1-15-3-8-18(13-21(15)26)27-22(31)14-33-24-29-28-23(16-4-6-17(25)7-5-16)30(24)19-9-11-20(32-2)12-10-19/h3-13H,14H2,1-2H3,(H,27,31). The van der Waals surface area contributed by atoms with Crippen molar-refractivity contribution in [2.45, 2.75) is 12.1 Å². The van der Waals surface area contributed by atoms with Crippen molar-refractivity contribution in [2.75, 3.05) is 18.2 Å². The zero-order chi connectivity index (χ0) is 23.4. The molecule has 6 nitrogen and oxygen atoms in total. The highest BCUT2D eigenvalue weighted by atomic mass is 35.5. The zero-order valence-corrected chi connectivity index (χ0v) is 20.2. The number of anilines is 1. The maximum absolute atomic E-state index is 12.6. The van der Waals surface area contributed by atoms with Crippen LogP contribution in [0.4, 0.5) is 5.69 Å². The normalized spacial score (nSPS) is 10.8. The summed E-state index contributed by atoms with van der Waals surface area (Å²) in [6.07, 6.45) is 0. The lowest BCUT2D eigenvalue weighted by Crippen LogP contribution is -2.14. The topological polar surface area (TPSA) is 69.0 Å². The number of rotatable bonds is 7. The Bertz CT molecular complexity index is 1270. The molecule has 4 aromatic rings. The van der Waals surface area contributed by atoms with Gasteiger partial charge in [-0.3, -0.25) is 9.36 Å². The fourth-order valence-electron chi connectivity index (χ4n) is 3.11. The maximum atomic E-state index is 12.6. The van der Waals surface area contributed by atoms with Gasteiger partial charge in [0.2, 0.25) is 5.91 Å². The largest absolute Gasteiger partial charge is 0.497 e. The van der Waals surface area contributed by atoms with E-state index in [1.807, 2.05) is 60.0 Å². The van der Waals surface area contributed by atoms with Crippen molar-refractivity contribution >= 4 is 46.6 Å². The van der Waals surface area contributed by atoms with Crippen LogP contribution >= 0.6 is 35.0 Å². The van der Waals surface area contributed by atoms with Gasteiger partial charge in [0.25, 0.3) is 0 Å². The van der Waals surface area contributed by atoms with Crippen LogP contribution in [0.5, 0.6) is 5.75 Å². The summed E-state index contributed by atoms with van der Waals surface area (Å²) in [6.45, 7) is 1.91. The van der Waals surface area contributed by atoms with Crippen molar-refractivity contribution in [2.24, 2.45) is 0 Å². The molecule has 0 bridgehead atoms. The molecule has 0 unspecified atom stereocenters. The summed E-state index contributed by atoms with van der Waals surface area (Å²) < 4.78 is 7.18. The monoisotopic (exact) mass is 498 g/mol. The second-order valence-electron chi connectivity index (χ2n) is 7.15. The lowest BCUT2D eigenvalue weighted by Gasteiger charge is -2.11. The highest BCUT2D eigenvalue weighted by molar-refractivity contribution is 7.99. The van der Waals surface area contributed by atoms with E-state index in [2.05, 4.69) is 15.5 Å². The number of benzene rings is 3. The van der Waals surface area contributed by atoms with Gasteiger partial charge in [0.1, 0.15) is 5.75 Å². The summed E-state index contributed by atoms with van der Waals surface area (Å²) >= 11 is 13.5. The van der Waals surface area contributed by atoms with Crippen LogP contribution in [-0.2, 0) is 4.79 Å². The molecule has 0 atom stereocenters. The molecule has 1 N–H and O–H groups in total. The van der Waals surface area contributed by atoms with E-state index in [1.54, 1.807) is 25.3 Å². The summed E-state index contributed by atoms with van der Waals surface area (Å²) in [5.74, 6) is 1.37. The fourth-order valence-corrected chi connectivity index (χ4v) is 4.17. The molecule has 1 amide bonds. The number of aryl methyl sites for hydroxylation is 1. The van der Waals surface area contributed by atoms with Gasteiger partial charge in [-0.2, -0.15) is 0 Å². The molecular weight excluding hydrogens is 479 g/mol. The Balaban J connectivity index is 1.59. The molecule has 9 heteroatoms. The molecule has 0 aliphatic rings. The minimum atomic E-state index is -0.169. The second-order valence-corrected chi connectivity index (χ2v) is 8.93. The lowest BCUT2D eigenvalue weighted by atomic mass is 10.2. The Morgan fingerprint density at radius 3 is 2.42 bits per heavy atom. The first-order valence-corrected chi connectivity index (χ1v) is 11.7. The van der Waals surface area contributed by atoms with Gasteiger partial charge in [-0.15, -0.1) is 10.2 Å². The molecular formula is C24H20Cl2N4O2S. The van der Waals surface area contributed by atoms with Gasteiger partial charge in [0.15, 0.2) is 11.0 Å². The molecule has 4 rings (SSSR count). The third-order valence-electron chi connectivity index (χ3n) is 4.85. The minimum Gasteiger partial charge on any atom is -0.497 e. The number of amides is 1. The van der Waals surface area contributed by atoms with E-state index >= 15 is 0 Å². The lowest BCUT2D eigenvalue weighted by molar-refractivity contribution is -0.113. The average molecular weight is 499 g/mol. The molecule has 1 heterocycles. The third-order valence-corrected chi connectivity index (χ3v) is 6.44. The summed E-state index contributed by atoms with van der Waals surface area (Å²) in [5.41, 5.74) is 3.30. The van der Waals surface area contributed by atoms with Crippen LogP contribution in [-0.4, -0.2) is 33.5 Å². The van der Waals surface area contributed by atoms with Crippen molar-refractivity contribution in [3.63, 3.8) is 0 Å². The highest BCUT2D eigenvalue weighted by Crippen LogP contribution is 2.30. The van der Waals surface area contributed by atoms with Gasteiger partial charge < -0.3 is 10.1 Å². The van der Waals surface area contributed by atoms with Crippen LogP contribution in [0.2, 0.25) is 10.0 Å². The van der Waals surface area contributed by atoms with E-state index in [1.165, 1.54) is 11.8 Å². The summed E-state index contributed by atoms with van der Waals surface area (Å²) in [6, 6.07) is 20.4. The van der Waals surface area contributed by atoms with Gasteiger partial charge >= 0.3 is 0 Å². The number of hydrogen-bond donors (Lipinski definition) is 1. The van der Waals surface area contributed by atoms with Gasteiger partial charge in [0.05, 0.1) is 12.9 Å². The van der Waals surface area contributed by atoms with Crippen molar-refractivity contribution < 1.29 is 9.53 Å². The number of halogens is 2. The number of carbonyl (C=O) groups is 1. The molecule has 0 saturated heterocycles. The van der Waals surface area contributed by atoms with E-state index in [0.717, 1.165) is 22.6 Å². The SMILES string of the molecule is COc1ccc(-n2c(SCC(=O)Nc3ccc(C)c(Cl)c3)nnc2-c2ccc(Cl)cc2)cc1. The number of nitrogens with one attached hydrogen (secondary N) is 1. The predicted octanol–water partition coefficient (Wildman–Crippen LogP) is 6.29. The van der Waals surface area contributed by atoms with E-state index in [4.69, 9.17) is 27.9 Å². The van der Waals surface area contributed by atoms with Crippen LogP contribution in [0.25, 0.3) is 17.1 Å². The van der Waals surface area contributed by atoms with E-state index in [0.29, 0.717) is 26.7 Å². The smallest absolute Gasteiger partial charge is 0.234 e. The van der Waals surface area contributed by atoms with Crippen molar-refractivity contribution in [3.05, 3.63) is 82.3 Å². The molecule has 0 radical (unpaired) electrons. The zero-order valence-electron chi connectivity index (χ0n) is 17.9. The van der Waals surface area contributed by atoms with Gasteiger partial charge in [-0.1, -0.05) is 41.0 Å². The van der Waals surface area contributed by atoms with Gasteiger partial charge in [0, 0.05) is 27.0 Å². The first-order chi connectivity index (χ1) is 15.9. The molecule has 168 valence electrons. The number of ether oxygens (including phenoxy) is 1. The Morgan fingerprint density at radius 1 is 1.03 bits per heavy atom. The van der Waals surface area contributed by atoms with Crippen molar-refractivity contribution in [1.82, 2.24) is 14.8 Å². The summed E-state index contributed by atoms with van der Waals surface area (Å²) in [7, 11) is 1.62. The first-order valence-electron chi connectivity index (χ1n) is 9.99. The van der Waals surface area contributed by atoms with Gasteiger partial charge in [-0.05, 0) is 73.2 Å². The minimum absolute atomic E-state index is 0.153. The number of aromatic nitrogens is 3. The highest BCUT2D eigenvalue weighted by Gasteiger charge is 2.18.